The van der Waals surface area contributed by atoms with Gasteiger partial charge in [0.25, 0.3) is 0 Å². The molecule has 0 fully saturated rings. The van der Waals surface area contributed by atoms with E-state index in [0.29, 0.717) is 0 Å². The standard InChI is InChI=1S/2Cl6Si2.H2O4Si2.4H2O/c2*1-7(2,3)8(4,5)6;1-5(2)6(3)4;;;;/h;;1,3H;4*1H2. The highest BCUT2D eigenvalue weighted by Crippen LogP contribution is 2.40. The predicted molar refractivity (Wildman–Crippen MR) is 125 cm³/mol. The second-order valence-electron chi connectivity index (χ2n) is 2.60. The van der Waals surface area contributed by atoms with Crippen LogP contribution in [0.3, 0.4) is 0 Å². The Hall–Kier alpha value is 3.82. The fourth-order valence-electron chi connectivity index (χ4n) is 0. The molecule has 0 rings (SSSR count). The first kappa shape index (κ1) is 47.6. The van der Waals surface area contributed by atoms with E-state index in [4.69, 9.17) is 143 Å². The van der Waals surface area contributed by atoms with E-state index in [-0.39, 0.29) is 21.9 Å². The van der Waals surface area contributed by atoms with Gasteiger partial charge >= 0.3 is 39.0 Å². The van der Waals surface area contributed by atoms with Crippen LogP contribution in [0.25, 0.3) is 0 Å². The van der Waals surface area contributed by atoms with Gasteiger partial charge in [0.15, 0.2) is 0 Å². The molecule has 0 aromatic carbocycles. The molecule has 166 valence electrons. The maximum absolute atomic E-state index is 9.37. The normalized spacial score (nSPS) is 10.5. The third kappa shape index (κ3) is 30.0. The fraction of sp³-hybridized carbons (Fsp3) is 0. The Morgan fingerprint density at radius 3 is 0.500 bits per heavy atom. The Labute approximate surface area is 210 Å². The zero-order valence-corrected chi connectivity index (χ0v) is 26.3. The predicted octanol–water partition coefficient (Wildman–Crippen LogP) is 1.34. The van der Waals surface area contributed by atoms with E-state index in [1.54, 1.807) is 0 Å². The second-order valence-corrected chi connectivity index (χ2v) is 58.2. The number of rotatable bonds is 3. The Bertz CT molecular complexity index is 306. The van der Waals surface area contributed by atoms with E-state index in [1.807, 2.05) is 0 Å². The first-order chi connectivity index (χ1) is 9.14. The molecule has 0 bridgehead atoms. The molecule has 0 unspecified atom stereocenters. The third-order valence-corrected chi connectivity index (χ3v) is 53.7. The van der Waals surface area contributed by atoms with Gasteiger partial charge in [0, 0.05) is 0 Å². The Kier molecular flexibility index (Phi) is 35.7. The molecule has 0 saturated heterocycles. The summed E-state index contributed by atoms with van der Waals surface area (Å²) in [6.07, 6.45) is 0. The van der Waals surface area contributed by atoms with E-state index in [0.717, 1.165) is 0 Å². The van der Waals surface area contributed by atoms with Crippen LogP contribution in [0.2, 0.25) is 0 Å². The topological polar surface area (TPSA) is 201 Å². The Balaban J connectivity index is -0.0000000391. The lowest BCUT2D eigenvalue weighted by molar-refractivity contribution is 0.418. The smallest absolute Gasteiger partial charge is 0.536 e. The van der Waals surface area contributed by atoms with Crippen LogP contribution in [-0.4, -0.2) is 70.5 Å². The van der Waals surface area contributed by atoms with E-state index in [9.17, 15) is 8.92 Å². The van der Waals surface area contributed by atoms with Crippen molar-refractivity contribution >= 4 is 172 Å². The van der Waals surface area contributed by atoms with Crippen LogP contribution in [0.15, 0.2) is 0 Å². The zero-order chi connectivity index (χ0) is 19.2. The van der Waals surface area contributed by atoms with Crippen LogP contribution in [0.1, 0.15) is 0 Å². The Morgan fingerprint density at radius 1 is 0.423 bits per heavy atom. The monoisotopic (exact) mass is 726 g/mol. The van der Waals surface area contributed by atoms with Crippen molar-refractivity contribution in [2.75, 3.05) is 0 Å². The van der Waals surface area contributed by atoms with Gasteiger partial charge in [-0.25, -0.2) is 0 Å². The molecule has 26 heavy (non-hydrogen) atoms. The first-order valence-electron chi connectivity index (χ1n) is 3.87. The number of halogens is 12. The summed E-state index contributed by atoms with van der Waals surface area (Å²) in [5.74, 6) is 0. The molecule has 0 atom stereocenters. The number of hydrogen-bond acceptors (Lipinski definition) is 2. The lowest BCUT2D eigenvalue weighted by Gasteiger charge is -2.12. The molecule has 0 aliphatic heterocycles. The van der Waals surface area contributed by atoms with Crippen molar-refractivity contribution < 1.29 is 40.4 Å². The molecule has 0 aliphatic rings. The first-order valence-corrected chi connectivity index (χ1v) is 29.7. The van der Waals surface area contributed by atoms with Crippen LogP contribution < -0.4 is 0 Å². The van der Waals surface area contributed by atoms with Crippen molar-refractivity contribution in [3.05, 3.63) is 0 Å². The van der Waals surface area contributed by atoms with Gasteiger partial charge in [-0.2, -0.15) is 0 Å². The summed E-state index contributed by atoms with van der Waals surface area (Å²) in [4.78, 5) is 15.3. The van der Waals surface area contributed by atoms with Gasteiger partial charge in [-0.3, -0.25) is 0 Å². The molecular formula is H10Cl12O8Si6. The zero-order valence-electron chi connectivity index (χ0n) is 11.2. The van der Waals surface area contributed by atoms with Gasteiger partial charge in [-0.1, -0.05) is 0 Å². The van der Waals surface area contributed by atoms with Crippen molar-refractivity contribution in [3.8, 4) is 0 Å². The van der Waals surface area contributed by atoms with Crippen LogP contribution in [0.5, 0.6) is 0 Å². The summed E-state index contributed by atoms with van der Waals surface area (Å²) in [5.41, 5.74) is -12.0. The van der Waals surface area contributed by atoms with E-state index in [1.165, 1.54) is 0 Å². The highest BCUT2D eigenvalue weighted by Gasteiger charge is 2.52. The lowest BCUT2D eigenvalue weighted by atomic mass is 15.9. The molecule has 0 amide bonds. The van der Waals surface area contributed by atoms with Crippen LogP contribution in [-0.2, 0) is 8.92 Å². The number of hydrogen-bond donors (Lipinski definition) is 2. The molecule has 26 heteroatoms. The maximum Gasteiger partial charge on any atom is 0.591 e. The maximum atomic E-state index is 9.37. The van der Waals surface area contributed by atoms with Gasteiger partial charge in [-0.05, 0) is 0 Å². The molecule has 10 N–H and O–H groups in total. The second kappa shape index (κ2) is 19.5. The van der Waals surface area contributed by atoms with Crippen LogP contribution in [0, 0.1) is 0 Å². The minimum absolute atomic E-state index is 0. The van der Waals surface area contributed by atoms with Crippen LogP contribution in [0.4, 0.5) is 0 Å². The molecule has 0 heterocycles. The summed E-state index contributed by atoms with van der Waals surface area (Å²) < 4.78 is 18.7. The van der Waals surface area contributed by atoms with E-state index in [2.05, 4.69) is 0 Å². The minimum Gasteiger partial charge on any atom is -0.536 e. The van der Waals surface area contributed by atoms with Gasteiger partial charge in [0.05, 0.1) is 0 Å². The highest BCUT2D eigenvalue weighted by atomic mass is 35.9. The molecule has 0 radical (unpaired) electrons. The van der Waals surface area contributed by atoms with Crippen molar-refractivity contribution in [2.24, 2.45) is 0 Å². The van der Waals surface area contributed by atoms with Crippen molar-refractivity contribution in [2.45, 2.75) is 0 Å². The third-order valence-electron chi connectivity index (χ3n) is 0.826. The average molecular weight is 732 g/mol. The molecule has 0 aromatic heterocycles. The summed E-state index contributed by atoms with van der Waals surface area (Å²) in [7, 11) is -6.20. The molecular weight excluding hydrogens is 722 g/mol. The summed E-state index contributed by atoms with van der Waals surface area (Å²) >= 11 is 64.1. The average Bonchev–Trinajstić information content (AvgIpc) is 2.12. The lowest BCUT2D eigenvalue weighted by Crippen LogP contribution is -2.36. The van der Waals surface area contributed by atoms with Crippen molar-refractivity contribution in [1.29, 1.82) is 0 Å². The molecule has 0 aliphatic carbocycles. The quantitative estimate of drug-likeness (QED) is 0.326. The molecule has 8 nitrogen and oxygen atoms in total. The van der Waals surface area contributed by atoms with Gasteiger partial charge in [0.1, 0.15) is 0 Å². The van der Waals surface area contributed by atoms with Gasteiger partial charge < -0.3 is 40.4 Å². The van der Waals surface area contributed by atoms with Crippen LogP contribution >= 0.6 is 133 Å². The molecule has 0 aromatic rings. The largest absolute Gasteiger partial charge is 0.591 e. The summed E-state index contributed by atoms with van der Waals surface area (Å²) in [5, 5.41) is 0. The molecule has 0 spiro atoms. The SMILES string of the molecule is Cl[Si](Cl)(Cl)[Si](Cl)(Cl)Cl.Cl[Si](Cl)(Cl)[Si](Cl)(Cl)Cl.O.O.O.O.O=[Si](O)[Si](=O)O. The van der Waals surface area contributed by atoms with Gasteiger partial charge in [0.2, 0.25) is 0 Å². The highest BCUT2D eigenvalue weighted by molar-refractivity contribution is 8.10. The Morgan fingerprint density at radius 2 is 0.500 bits per heavy atom. The fourth-order valence-corrected chi connectivity index (χ4v) is 0. The van der Waals surface area contributed by atoms with Crippen molar-refractivity contribution in [3.63, 3.8) is 0 Å². The van der Waals surface area contributed by atoms with Crippen molar-refractivity contribution in [1.82, 2.24) is 0 Å². The van der Waals surface area contributed by atoms with E-state index >= 15 is 0 Å². The van der Waals surface area contributed by atoms with Gasteiger partial charge in [-0.15, -0.1) is 133 Å². The summed E-state index contributed by atoms with van der Waals surface area (Å²) in [6, 6.07) is 0. The minimum atomic E-state index is -3.10. The van der Waals surface area contributed by atoms with E-state index < -0.39 is 39.0 Å². The summed E-state index contributed by atoms with van der Waals surface area (Å²) in [6.45, 7) is 0. The molecule has 0 saturated carbocycles.